The van der Waals surface area contributed by atoms with Gasteiger partial charge in [-0.2, -0.15) is 0 Å². The molecule has 0 spiro atoms. The normalized spacial score (nSPS) is 23.9. The van der Waals surface area contributed by atoms with Crippen LogP contribution in [0.5, 0.6) is 0 Å². The fraction of sp³-hybridized carbons (Fsp3) is 0.556. The van der Waals surface area contributed by atoms with Crippen molar-refractivity contribution in [1.29, 1.82) is 0 Å². The highest BCUT2D eigenvalue weighted by Crippen LogP contribution is 2.45. The number of rotatable bonds is 2. The van der Waals surface area contributed by atoms with E-state index in [-0.39, 0.29) is 5.97 Å². The molecule has 2 aromatic rings. The van der Waals surface area contributed by atoms with Crippen LogP contribution >= 0.6 is 11.6 Å². The number of methoxy groups -OCH3 is 1. The third-order valence-electron chi connectivity index (χ3n) is 4.80. The standard InChI is InChI=1S/C18H23ClN2O2/c1-11-7-13(10-18(2,3)9-11)21-15-6-5-12(16(22)23-4)8-14(15)20-17(21)19/h5-6,8,11,13H,7,9-10H2,1-4H3/t11?,13-/m1/s1. The van der Waals surface area contributed by atoms with Gasteiger partial charge in [-0.3, -0.25) is 0 Å². The first-order valence-electron chi connectivity index (χ1n) is 8.06. The van der Waals surface area contributed by atoms with E-state index >= 15 is 0 Å². The van der Waals surface area contributed by atoms with Crippen LogP contribution in [0.25, 0.3) is 11.0 Å². The average Bonchev–Trinajstić information content (AvgIpc) is 2.79. The van der Waals surface area contributed by atoms with Gasteiger partial charge in [0.15, 0.2) is 0 Å². The minimum Gasteiger partial charge on any atom is -0.465 e. The fourth-order valence-corrected chi connectivity index (χ4v) is 4.47. The zero-order chi connectivity index (χ0) is 16.8. The highest BCUT2D eigenvalue weighted by atomic mass is 35.5. The molecule has 23 heavy (non-hydrogen) atoms. The van der Waals surface area contributed by atoms with Gasteiger partial charge in [0.1, 0.15) is 0 Å². The van der Waals surface area contributed by atoms with Crippen LogP contribution in [0.15, 0.2) is 18.2 Å². The minimum atomic E-state index is -0.356. The molecular weight excluding hydrogens is 312 g/mol. The molecule has 1 saturated carbocycles. The second-order valence-electron chi connectivity index (χ2n) is 7.51. The fourth-order valence-electron chi connectivity index (χ4n) is 4.15. The molecule has 4 nitrogen and oxygen atoms in total. The molecule has 1 aliphatic rings. The third kappa shape index (κ3) is 3.09. The van der Waals surface area contributed by atoms with Gasteiger partial charge in [0.2, 0.25) is 5.28 Å². The molecule has 1 aromatic carbocycles. The van der Waals surface area contributed by atoms with Crippen LogP contribution in [-0.2, 0) is 4.74 Å². The van der Waals surface area contributed by atoms with E-state index < -0.39 is 0 Å². The summed E-state index contributed by atoms with van der Waals surface area (Å²) in [5.74, 6) is 0.302. The number of fused-ring (bicyclic) bond motifs is 1. The van der Waals surface area contributed by atoms with E-state index in [9.17, 15) is 4.79 Å². The largest absolute Gasteiger partial charge is 0.465 e. The first-order valence-corrected chi connectivity index (χ1v) is 8.44. The zero-order valence-corrected chi connectivity index (χ0v) is 14.9. The molecule has 0 aliphatic heterocycles. The average molecular weight is 335 g/mol. The summed E-state index contributed by atoms with van der Waals surface area (Å²) in [6.45, 7) is 6.94. The Balaban J connectivity index is 2.04. The monoisotopic (exact) mass is 334 g/mol. The van der Waals surface area contributed by atoms with Crippen molar-refractivity contribution in [3.63, 3.8) is 0 Å². The van der Waals surface area contributed by atoms with Crippen molar-refractivity contribution in [2.75, 3.05) is 7.11 Å². The maximum Gasteiger partial charge on any atom is 0.337 e. The highest BCUT2D eigenvalue weighted by Gasteiger charge is 2.34. The summed E-state index contributed by atoms with van der Waals surface area (Å²) in [5, 5.41) is 0.497. The number of benzene rings is 1. The lowest BCUT2D eigenvalue weighted by atomic mass is 9.70. The smallest absolute Gasteiger partial charge is 0.337 e. The Morgan fingerprint density at radius 1 is 1.39 bits per heavy atom. The molecule has 2 atom stereocenters. The summed E-state index contributed by atoms with van der Waals surface area (Å²) in [7, 11) is 1.38. The molecule has 0 bridgehead atoms. The van der Waals surface area contributed by atoms with Gasteiger partial charge < -0.3 is 9.30 Å². The Hall–Kier alpha value is -1.55. The second-order valence-corrected chi connectivity index (χ2v) is 7.85. The predicted molar refractivity (Wildman–Crippen MR) is 91.9 cm³/mol. The molecule has 5 heteroatoms. The van der Waals surface area contributed by atoms with Crippen LogP contribution in [-0.4, -0.2) is 22.6 Å². The molecule has 1 aliphatic carbocycles. The molecule has 124 valence electrons. The van der Waals surface area contributed by atoms with Crippen molar-refractivity contribution < 1.29 is 9.53 Å². The highest BCUT2D eigenvalue weighted by molar-refractivity contribution is 6.29. The topological polar surface area (TPSA) is 44.1 Å². The molecule has 0 N–H and O–H groups in total. The van der Waals surface area contributed by atoms with E-state index in [0.29, 0.717) is 28.2 Å². The molecule has 1 aromatic heterocycles. The second kappa shape index (κ2) is 5.82. The number of halogens is 1. The van der Waals surface area contributed by atoms with Gasteiger partial charge in [-0.15, -0.1) is 0 Å². The lowest BCUT2D eigenvalue weighted by Gasteiger charge is -2.39. The van der Waals surface area contributed by atoms with Gasteiger partial charge >= 0.3 is 5.97 Å². The molecular formula is C18H23ClN2O2. The van der Waals surface area contributed by atoms with E-state index in [0.717, 1.165) is 23.9 Å². The van der Waals surface area contributed by atoms with E-state index in [1.807, 2.05) is 6.07 Å². The lowest BCUT2D eigenvalue weighted by molar-refractivity contribution is 0.0601. The summed E-state index contributed by atoms with van der Waals surface area (Å²) in [6.07, 6.45) is 3.43. The van der Waals surface area contributed by atoms with E-state index in [1.54, 1.807) is 12.1 Å². The maximum atomic E-state index is 11.7. The maximum absolute atomic E-state index is 11.7. The molecule has 1 unspecified atom stereocenters. The van der Waals surface area contributed by atoms with Crippen molar-refractivity contribution in [3.05, 3.63) is 29.0 Å². The molecule has 1 fully saturated rings. The Morgan fingerprint density at radius 2 is 2.13 bits per heavy atom. The first kappa shape index (κ1) is 16.3. The number of carbonyl (C=O) groups excluding carboxylic acids is 1. The quantitative estimate of drug-likeness (QED) is 0.736. The Kier molecular flexibility index (Phi) is 4.13. The van der Waals surface area contributed by atoms with E-state index in [4.69, 9.17) is 16.3 Å². The van der Waals surface area contributed by atoms with Gasteiger partial charge in [-0.05, 0) is 60.4 Å². The van der Waals surface area contributed by atoms with Crippen molar-refractivity contribution >= 4 is 28.6 Å². The van der Waals surface area contributed by atoms with Gasteiger partial charge in [-0.25, -0.2) is 9.78 Å². The lowest BCUT2D eigenvalue weighted by Crippen LogP contribution is -2.29. The molecule has 1 heterocycles. The van der Waals surface area contributed by atoms with Crippen LogP contribution in [0.1, 0.15) is 56.4 Å². The minimum absolute atomic E-state index is 0.300. The van der Waals surface area contributed by atoms with E-state index in [2.05, 4.69) is 30.3 Å². The van der Waals surface area contributed by atoms with Crippen molar-refractivity contribution in [2.24, 2.45) is 11.3 Å². The van der Waals surface area contributed by atoms with Crippen molar-refractivity contribution in [3.8, 4) is 0 Å². The summed E-state index contributed by atoms with van der Waals surface area (Å²) in [6, 6.07) is 5.79. The van der Waals surface area contributed by atoms with Crippen LogP contribution in [0.2, 0.25) is 5.28 Å². The summed E-state index contributed by atoms with van der Waals surface area (Å²) in [5.41, 5.74) is 2.53. The summed E-state index contributed by atoms with van der Waals surface area (Å²) in [4.78, 5) is 16.1. The number of carbonyl (C=O) groups is 1. The van der Waals surface area contributed by atoms with Gasteiger partial charge in [0.25, 0.3) is 0 Å². The summed E-state index contributed by atoms with van der Waals surface area (Å²) >= 11 is 6.44. The molecule has 3 rings (SSSR count). The Bertz CT molecular complexity index is 751. The number of aromatic nitrogens is 2. The SMILES string of the molecule is COC(=O)c1ccc2c(c1)nc(Cl)n2[C@@H]1CC(C)CC(C)(C)C1. The number of hydrogen-bond acceptors (Lipinski definition) is 3. The molecule has 0 radical (unpaired) electrons. The van der Waals surface area contributed by atoms with E-state index in [1.165, 1.54) is 13.5 Å². The van der Waals surface area contributed by atoms with Crippen LogP contribution in [0.3, 0.4) is 0 Å². The van der Waals surface area contributed by atoms with Crippen LogP contribution in [0.4, 0.5) is 0 Å². The first-order chi connectivity index (χ1) is 10.8. The van der Waals surface area contributed by atoms with Gasteiger partial charge in [-0.1, -0.05) is 20.8 Å². The van der Waals surface area contributed by atoms with Crippen LogP contribution < -0.4 is 0 Å². The molecule has 0 saturated heterocycles. The van der Waals surface area contributed by atoms with Gasteiger partial charge in [0.05, 0.1) is 23.7 Å². The number of esters is 1. The van der Waals surface area contributed by atoms with Crippen LogP contribution in [0, 0.1) is 11.3 Å². The number of ether oxygens (including phenoxy) is 1. The Morgan fingerprint density at radius 3 is 2.78 bits per heavy atom. The third-order valence-corrected chi connectivity index (χ3v) is 5.06. The number of nitrogens with zero attached hydrogens (tertiary/aromatic N) is 2. The van der Waals surface area contributed by atoms with Gasteiger partial charge in [0, 0.05) is 6.04 Å². The number of hydrogen-bond donors (Lipinski definition) is 0. The predicted octanol–water partition coefficient (Wildman–Crippen LogP) is 4.86. The van der Waals surface area contributed by atoms with Crippen molar-refractivity contribution in [2.45, 2.75) is 46.1 Å². The number of imidazole rings is 1. The Labute approximate surface area is 141 Å². The zero-order valence-electron chi connectivity index (χ0n) is 14.1. The van der Waals surface area contributed by atoms with Crippen molar-refractivity contribution in [1.82, 2.24) is 9.55 Å². The molecule has 0 amide bonds. The summed E-state index contributed by atoms with van der Waals surface area (Å²) < 4.78 is 6.91.